The molecule has 0 saturated carbocycles. The summed E-state index contributed by atoms with van der Waals surface area (Å²) in [7, 11) is 0. The van der Waals surface area contributed by atoms with Crippen LogP contribution in [0.3, 0.4) is 0 Å². The second-order valence-corrected chi connectivity index (χ2v) is 4.75. The van der Waals surface area contributed by atoms with Gasteiger partial charge in [0.2, 0.25) is 5.75 Å². The summed E-state index contributed by atoms with van der Waals surface area (Å²) >= 11 is 2.07. The van der Waals surface area contributed by atoms with Crippen molar-refractivity contribution >= 4 is 28.3 Å². The second kappa shape index (κ2) is 5.67. The number of hydrogen-bond acceptors (Lipinski definition) is 4. The SMILES string of the molecule is N#Cc1ccc([N+](=O)[O-])c(Oc2ccccc2I)c1. The number of benzene rings is 2. The summed E-state index contributed by atoms with van der Waals surface area (Å²) in [6, 6.07) is 13.1. The molecule has 0 saturated heterocycles. The first kappa shape index (κ1) is 13.3. The molecule has 0 unspecified atom stereocenters. The van der Waals surface area contributed by atoms with E-state index in [2.05, 4.69) is 22.6 Å². The standard InChI is InChI=1S/C13H7IN2O3/c14-10-3-1-2-4-12(10)19-13-7-9(8-15)5-6-11(13)16(17)18/h1-7H. The van der Waals surface area contributed by atoms with Crippen molar-refractivity contribution in [1.82, 2.24) is 0 Å². The van der Waals surface area contributed by atoms with Crippen LogP contribution < -0.4 is 4.74 Å². The molecule has 0 aliphatic heterocycles. The van der Waals surface area contributed by atoms with Crippen LogP contribution in [0.4, 0.5) is 5.69 Å². The Kier molecular flexibility index (Phi) is 3.97. The topological polar surface area (TPSA) is 76.2 Å². The van der Waals surface area contributed by atoms with Gasteiger partial charge in [-0.2, -0.15) is 5.26 Å². The minimum absolute atomic E-state index is 0.0631. The maximum Gasteiger partial charge on any atom is 0.311 e. The molecule has 0 radical (unpaired) electrons. The van der Waals surface area contributed by atoms with Crippen LogP contribution in [-0.4, -0.2) is 4.92 Å². The van der Waals surface area contributed by atoms with Crippen molar-refractivity contribution in [3.8, 4) is 17.6 Å². The van der Waals surface area contributed by atoms with Gasteiger partial charge >= 0.3 is 5.69 Å². The van der Waals surface area contributed by atoms with Crippen molar-refractivity contribution in [1.29, 1.82) is 5.26 Å². The van der Waals surface area contributed by atoms with Gasteiger partial charge in [-0.1, -0.05) is 12.1 Å². The third-order valence-electron chi connectivity index (χ3n) is 2.34. The molecule has 0 aliphatic carbocycles. The quantitative estimate of drug-likeness (QED) is 0.470. The fraction of sp³-hybridized carbons (Fsp3) is 0. The minimum Gasteiger partial charge on any atom is -0.449 e. The van der Waals surface area contributed by atoms with E-state index in [1.54, 1.807) is 12.1 Å². The van der Waals surface area contributed by atoms with Crippen molar-refractivity contribution in [2.24, 2.45) is 0 Å². The minimum atomic E-state index is -0.535. The number of nitro groups is 1. The molecule has 94 valence electrons. The lowest BCUT2D eigenvalue weighted by atomic mass is 10.2. The maximum absolute atomic E-state index is 10.9. The highest BCUT2D eigenvalue weighted by Crippen LogP contribution is 2.33. The Hall–Kier alpha value is -2.14. The van der Waals surface area contributed by atoms with Gasteiger partial charge in [-0.15, -0.1) is 0 Å². The zero-order chi connectivity index (χ0) is 13.8. The zero-order valence-corrected chi connectivity index (χ0v) is 11.7. The average Bonchev–Trinajstić information content (AvgIpc) is 2.41. The first-order valence-electron chi connectivity index (χ1n) is 5.22. The lowest BCUT2D eigenvalue weighted by molar-refractivity contribution is -0.385. The van der Waals surface area contributed by atoms with E-state index in [9.17, 15) is 10.1 Å². The van der Waals surface area contributed by atoms with Crippen LogP contribution >= 0.6 is 22.6 Å². The largest absolute Gasteiger partial charge is 0.449 e. The summed E-state index contributed by atoms with van der Waals surface area (Å²) in [5.41, 5.74) is 0.144. The molecule has 0 N–H and O–H groups in total. The third-order valence-corrected chi connectivity index (χ3v) is 3.23. The van der Waals surface area contributed by atoms with Gasteiger partial charge in [0.15, 0.2) is 0 Å². The van der Waals surface area contributed by atoms with Crippen LogP contribution in [0.5, 0.6) is 11.5 Å². The highest BCUT2D eigenvalue weighted by atomic mass is 127. The molecule has 2 rings (SSSR count). The Morgan fingerprint density at radius 1 is 1.21 bits per heavy atom. The summed E-state index contributed by atoms with van der Waals surface area (Å²) in [5, 5.41) is 19.8. The predicted octanol–water partition coefficient (Wildman–Crippen LogP) is 3.86. The molecule has 0 fully saturated rings. The predicted molar refractivity (Wildman–Crippen MR) is 77.0 cm³/mol. The summed E-state index contributed by atoms with van der Waals surface area (Å²) < 4.78 is 6.37. The Morgan fingerprint density at radius 3 is 2.58 bits per heavy atom. The normalized spacial score (nSPS) is 9.68. The maximum atomic E-state index is 10.9. The Balaban J connectivity index is 2.46. The van der Waals surface area contributed by atoms with E-state index >= 15 is 0 Å². The van der Waals surface area contributed by atoms with E-state index in [-0.39, 0.29) is 11.4 Å². The van der Waals surface area contributed by atoms with E-state index in [0.717, 1.165) is 3.57 Å². The van der Waals surface area contributed by atoms with Crippen LogP contribution in [0.15, 0.2) is 42.5 Å². The van der Waals surface area contributed by atoms with Crippen LogP contribution in [-0.2, 0) is 0 Å². The fourth-order valence-electron chi connectivity index (χ4n) is 1.46. The van der Waals surface area contributed by atoms with Crippen molar-refractivity contribution in [3.05, 3.63) is 61.7 Å². The average molecular weight is 366 g/mol. The van der Waals surface area contributed by atoms with E-state index in [1.807, 2.05) is 18.2 Å². The number of ether oxygens (including phenoxy) is 1. The van der Waals surface area contributed by atoms with Gasteiger partial charge in [-0.05, 0) is 40.8 Å². The molecule has 6 heteroatoms. The van der Waals surface area contributed by atoms with Crippen molar-refractivity contribution in [2.45, 2.75) is 0 Å². The lowest BCUT2D eigenvalue weighted by Crippen LogP contribution is -1.95. The molecule has 0 amide bonds. The number of rotatable bonds is 3. The van der Waals surface area contributed by atoms with Gasteiger partial charge in [0.1, 0.15) is 5.75 Å². The number of nitro benzene ring substituents is 1. The molecule has 0 heterocycles. The van der Waals surface area contributed by atoms with E-state index in [4.69, 9.17) is 10.00 Å². The monoisotopic (exact) mass is 366 g/mol. The van der Waals surface area contributed by atoms with Crippen LogP contribution in [0.25, 0.3) is 0 Å². The molecule has 0 atom stereocenters. The van der Waals surface area contributed by atoms with Gasteiger partial charge in [0.25, 0.3) is 0 Å². The van der Waals surface area contributed by atoms with E-state index in [1.165, 1.54) is 18.2 Å². The molecule has 2 aromatic rings. The highest BCUT2D eigenvalue weighted by molar-refractivity contribution is 14.1. The Labute approximate surface area is 122 Å². The van der Waals surface area contributed by atoms with Gasteiger partial charge < -0.3 is 4.74 Å². The van der Waals surface area contributed by atoms with Crippen LogP contribution in [0.1, 0.15) is 5.56 Å². The van der Waals surface area contributed by atoms with Crippen molar-refractivity contribution < 1.29 is 9.66 Å². The van der Waals surface area contributed by atoms with Gasteiger partial charge in [-0.3, -0.25) is 10.1 Å². The van der Waals surface area contributed by atoms with Crippen molar-refractivity contribution in [2.75, 3.05) is 0 Å². The van der Waals surface area contributed by atoms with Gasteiger partial charge in [0, 0.05) is 12.1 Å². The second-order valence-electron chi connectivity index (χ2n) is 3.58. The summed E-state index contributed by atoms with van der Waals surface area (Å²) in [6.45, 7) is 0. The zero-order valence-electron chi connectivity index (χ0n) is 9.54. The van der Waals surface area contributed by atoms with E-state index in [0.29, 0.717) is 11.3 Å². The Morgan fingerprint density at radius 2 is 1.95 bits per heavy atom. The molecule has 2 aromatic carbocycles. The summed E-state index contributed by atoms with van der Waals surface area (Å²) in [4.78, 5) is 10.4. The number of hydrogen-bond donors (Lipinski definition) is 0. The first-order chi connectivity index (χ1) is 9.11. The Bertz CT molecular complexity index is 680. The smallest absolute Gasteiger partial charge is 0.311 e. The van der Waals surface area contributed by atoms with Crippen LogP contribution in [0.2, 0.25) is 0 Å². The molecule has 0 spiro atoms. The molecular weight excluding hydrogens is 359 g/mol. The molecule has 0 aliphatic rings. The summed E-state index contributed by atoms with van der Waals surface area (Å²) in [6.07, 6.45) is 0. The van der Waals surface area contributed by atoms with Crippen LogP contribution in [0, 0.1) is 25.0 Å². The molecule has 19 heavy (non-hydrogen) atoms. The third kappa shape index (κ3) is 3.00. The van der Waals surface area contributed by atoms with E-state index < -0.39 is 4.92 Å². The molecular formula is C13H7IN2O3. The number of nitriles is 1. The molecule has 0 bridgehead atoms. The lowest BCUT2D eigenvalue weighted by Gasteiger charge is -2.08. The molecule has 0 aromatic heterocycles. The fourth-order valence-corrected chi connectivity index (χ4v) is 1.96. The highest BCUT2D eigenvalue weighted by Gasteiger charge is 2.17. The number of nitrogens with zero attached hydrogens (tertiary/aromatic N) is 2. The van der Waals surface area contributed by atoms with Crippen molar-refractivity contribution in [3.63, 3.8) is 0 Å². The molecule has 5 nitrogen and oxygen atoms in total. The first-order valence-corrected chi connectivity index (χ1v) is 6.30. The van der Waals surface area contributed by atoms with Gasteiger partial charge in [-0.25, -0.2) is 0 Å². The number of halogens is 1. The van der Waals surface area contributed by atoms with Gasteiger partial charge in [0.05, 0.1) is 20.1 Å². The number of para-hydroxylation sites is 1. The summed E-state index contributed by atoms with van der Waals surface area (Å²) in [5.74, 6) is 0.578.